The molecule has 0 saturated carbocycles. The van der Waals surface area contributed by atoms with Gasteiger partial charge in [-0.25, -0.2) is 9.78 Å². The zero-order valence-corrected chi connectivity index (χ0v) is 9.04. The molecule has 2 aromatic rings. The first-order valence-electron chi connectivity index (χ1n) is 4.59. The summed E-state index contributed by atoms with van der Waals surface area (Å²) < 4.78 is 1.92. The lowest BCUT2D eigenvalue weighted by Crippen LogP contribution is -2.37. The van der Waals surface area contributed by atoms with Gasteiger partial charge in [0.05, 0.1) is 0 Å². The van der Waals surface area contributed by atoms with Gasteiger partial charge in [0.2, 0.25) is 5.88 Å². The number of fused-ring (bicyclic) bond motifs is 1. The van der Waals surface area contributed by atoms with Crippen molar-refractivity contribution in [2.75, 3.05) is 0 Å². The van der Waals surface area contributed by atoms with E-state index in [9.17, 15) is 19.5 Å². The highest BCUT2D eigenvalue weighted by atomic mass is 16.3. The average molecular weight is 236 g/mol. The van der Waals surface area contributed by atoms with Crippen molar-refractivity contribution >= 4 is 17.5 Å². The smallest absolute Gasteiger partial charge is 0.332 e. The van der Waals surface area contributed by atoms with E-state index in [1.165, 1.54) is 14.1 Å². The Morgan fingerprint density at radius 1 is 1.18 bits per heavy atom. The zero-order chi connectivity index (χ0) is 12.7. The summed E-state index contributed by atoms with van der Waals surface area (Å²) in [7, 11) is 2.68. The highest BCUT2D eigenvalue weighted by Gasteiger charge is 2.14. The summed E-state index contributed by atoms with van der Waals surface area (Å²) in [6.45, 7) is 0. The van der Waals surface area contributed by atoms with Crippen molar-refractivity contribution in [2.24, 2.45) is 14.1 Å². The summed E-state index contributed by atoms with van der Waals surface area (Å²) in [6.07, 6.45) is 0.284. The Morgan fingerprint density at radius 3 is 2.41 bits per heavy atom. The van der Waals surface area contributed by atoms with E-state index in [-0.39, 0.29) is 23.1 Å². The molecule has 0 aromatic carbocycles. The topological polar surface area (TPSA) is 107 Å². The standard InChI is InChI=1S/C9H8N4O4/c1-12-6-5(8(16)13(2)9(12)17)10-4(3-14)7(15)11-6/h3H,1-2H3,(H,11,15). The Morgan fingerprint density at radius 2 is 1.82 bits per heavy atom. The summed E-state index contributed by atoms with van der Waals surface area (Å²) >= 11 is 0. The third kappa shape index (κ3) is 1.41. The van der Waals surface area contributed by atoms with Crippen molar-refractivity contribution in [2.45, 2.75) is 0 Å². The number of aldehydes is 1. The molecule has 0 fully saturated rings. The number of carbonyl (C=O) groups excluding carboxylic acids is 1. The van der Waals surface area contributed by atoms with Gasteiger partial charge in [-0.1, -0.05) is 0 Å². The summed E-state index contributed by atoms with van der Waals surface area (Å²) in [5, 5.41) is 9.35. The number of aromatic nitrogens is 4. The molecule has 17 heavy (non-hydrogen) atoms. The second-order valence-electron chi connectivity index (χ2n) is 3.43. The fourth-order valence-electron chi connectivity index (χ4n) is 1.45. The van der Waals surface area contributed by atoms with E-state index in [0.29, 0.717) is 0 Å². The lowest BCUT2D eigenvalue weighted by Gasteiger charge is -2.06. The van der Waals surface area contributed by atoms with Crippen molar-refractivity contribution < 1.29 is 9.90 Å². The molecule has 0 aliphatic carbocycles. The van der Waals surface area contributed by atoms with Gasteiger partial charge in [-0.05, 0) is 0 Å². The fourth-order valence-corrected chi connectivity index (χ4v) is 1.45. The molecule has 0 bridgehead atoms. The van der Waals surface area contributed by atoms with Crippen LogP contribution in [0.4, 0.5) is 0 Å². The van der Waals surface area contributed by atoms with E-state index in [1.807, 2.05) is 0 Å². The van der Waals surface area contributed by atoms with E-state index in [0.717, 1.165) is 9.13 Å². The van der Waals surface area contributed by atoms with Gasteiger partial charge < -0.3 is 5.11 Å². The lowest BCUT2D eigenvalue weighted by atomic mass is 10.4. The third-order valence-corrected chi connectivity index (χ3v) is 2.40. The van der Waals surface area contributed by atoms with Crippen LogP contribution in [0.1, 0.15) is 10.5 Å². The van der Waals surface area contributed by atoms with Gasteiger partial charge in [-0.15, -0.1) is 0 Å². The van der Waals surface area contributed by atoms with Crippen LogP contribution in [-0.2, 0) is 14.1 Å². The first-order chi connectivity index (χ1) is 7.97. The van der Waals surface area contributed by atoms with Crippen molar-refractivity contribution in [3.05, 3.63) is 26.5 Å². The van der Waals surface area contributed by atoms with Gasteiger partial charge >= 0.3 is 5.69 Å². The van der Waals surface area contributed by atoms with Gasteiger partial charge in [0.25, 0.3) is 5.56 Å². The van der Waals surface area contributed by atoms with Crippen molar-refractivity contribution in [3.63, 3.8) is 0 Å². The number of carbonyl (C=O) groups is 1. The van der Waals surface area contributed by atoms with Crippen molar-refractivity contribution in [3.8, 4) is 5.88 Å². The van der Waals surface area contributed by atoms with Crippen LogP contribution in [0, 0.1) is 0 Å². The van der Waals surface area contributed by atoms with Gasteiger partial charge in [-0.2, -0.15) is 4.98 Å². The molecule has 2 rings (SSSR count). The summed E-state index contributed by atoms with van der Waals surface area (Å²) in [4.78, 5) is 41.2. The number of hydrogen-bond donors (Lipinski definition) is 1. The molecule has 8 heteroatoms. The summed E-state index contributed by atoms with van der Waals surface area (Å²) in [5.41, 5.74) is -1.81. The SMILES string of the molecule is Cn1c(=O)c2nc(C=O)c(O)nc2n(C)c1=O. The molecule has 0 amide bonds. The Labute approximate surface area is 93.8 Å². The molecule has 88 valence electrons. The van der Waals surface area contributed by atoms with Gasteiger partial charge in [-0.3, -0.25) is 18.7 Å². The van der Waals surface area contributed by atoms with Crippen molar-refractivity contribution in [1.82, 2.24) is 19.1 Å². The second-order valence-corrected chi connectivity index (χ2v) is 3.43. The molecule has 0 unspecified atom stereocenters. The minimum absolute atomic E-state index is 0.0683. The second kappa shape index (κ2) is 3.51. The maximum Gasteiger partial charge on any atom is 0.332 e. The zero-order valence-electron chi connectivity index (χ0n) is 9.04. The monoisotopic (exact) mass is 236 g/mol. The van der Waals surface area contributed by atoms with Crippen LogP contribution in [-0.4, -0.2) is 30.5 Å². The van der Waals surface area contributed by atoms with E-state index < -0.39 is 17.1 Å². The van der Waals surface area contributed by atoms with Gasteiger partial charge in [0, 0.05) is 14.1 Å². The minimum atomic E-state index is -0.668. The number of nitrogens with zero attached hydrogens (tertiary/aromatic N) is 4. The number of aromatic hydroxyl groups is 1. The largest absolute Gasteiger partial charge is 0.492 e. The first-order valence-corrected chi connectivity index (χ1v) is 4.59. The maximum absolute atomic E-state index is 11.7. The molecule has 2 heterocycles. The number of aryl methyl sites for hydroxylation is 1. The van der Waals surface area contributed by atoms with E-state index >= 15 is 0 Å². The maximum atomic E-state index is 11.7. The van der Waals surface area contributed by atoms with Gasteiger partial charge in [0.15, 0.2) is 23.1 Å². The fraction of sp³-hybridized carbons (Fsp3) is 0.222. The Kier molecular flexibility index (Phi) is 2.27. The highest BCUT2D eigenvalue weighted by Crippen LogP contribution is 2.11. The van der Waals surface area contributed by atoms with Crippen LogP contribution >= 0.6 is 0 Å². The predicted octanol–water partition coefficient (Wildman–Crippen LogP) is -1.45. The minimum Gasteiger partial charge on any atom is -0.492 e. The van der Waals surface area contributed by atoms with Crippen molar-refractivity contribution in [1.29, 1.82) is 0 Å². The average Bonchev–Trinajstić information content (AvgIpc) is 2.33. The molecular weight excluding hydrogens is 228 g/mol. The van der Waals surface area contributed by atoms with E-state index in [1.54, 1.807) is 0 Å². The Balaban J connectivity index is 3.12. The quantitative estimate of drug-likeness (QED) is 0.607. The first kappa shape index (κ1) is 11.0. The van der Waals surface area contributed by atoms with E-state index in [4.69, 9.17) is 0 Å². The molecular formula is C9H8N4O4. The summed E-state index contributed by atoms with van der Waals surface area (Å²) in [6, 6.07) is 0. The molecule has 0 atom stereocenters. The normalized spacial score (nSPS) is 10.7. The lowest BCUT2D eigenvalue weighted by molar-refractivity contribution is 0.111. The van der Waals surface area contributed by atoms with Crippen LogP contribution < -0.4 is 11.2 Å². The van der Waals surface area contributed by atoms with Crippen LogP contribution in [0.15, 0.2) is 9.59 Å². The van der Waals surface area contributed by atoms with Gasteiger partial charge in [0.1, 0.15) is 0 Å². The van der Waals surface area contributed by atoms with Crippen LogP contribution in [0.3, 0.4) is 0 Å². The molecule has 0 saturated heterocycles. The van der Waals surface area contributed by atoms with Crippen LogP contribution in [0.2, 0.25) is 0 Å². The third-order valence-electron chi connectivity index (χ3n) is 2.40. The summed E-state index contributed by atoms with van der Waals surface area (Å²) in [5.74, 6) is -0.615. The molecule has 0 aliphatic heterocycles. The van der Waals surface area contributed by atoms with Crippen LogP contribution in [0.5, 0.6) is 5.88 Å². The molecule has 1 N–H and O–H groups in total. The number of rotatable bonds is 1. The molecule has 8 nitrogen and oxygen atoms in total. The molecule has 0 spiro atoms. The molecule has 2 aromatic heterocycles. The molecule has 0 aliphatic rings. The number of hydrogen-bond acceptors (Lipinski definition) is 6. The Hall–Kier alpha value is -2.51. The molecule has 0 radical (unpaired) electrons. The Bertz CT molecular complexity index is 743. The predicted molar refractivity (Wildman–Crippen MR) is 57.1 cm³/mol. The highest BCUT2D eigenvalue weighted by molar-refractivity contribution is 5.80. The van der Waals surface area contributed by atoms with Crippen LogP contribution in [0.25, 0.3) is 11.2 Å². The van der Waals surface area contributed by atoms with E-state index in [2.05, 4.69) is 9.97 Å².